The summed E-state index contributed by atoms with van der Waals surface area (Å²) in [5.74, 6) is 2.61. The Balaban J connectivity index is 1.62. The maximum Gasteiger partial charge on any atom is 0.0359 e. The fraction of sp³-hybridized carbons (Fsp3) is 0.692. The zero-order valence-corrected chi connectivity index (χ0v) is 11.5. The first kappa shape index (κ1) is 13.0. The van der Waals surface area contributed by atoms with E-state index in [0.29, 0.717) is 0 Å². The molecule has 0 aliphatic carbocycles. The third-order valence-corrected chi connectivity index (χ3v) is 4.22. The topological polar surface area (TPSA) is 20.2 Å². The predicted octanol–water partition coefficient (Wildman–Crippen LogP) is 1.65. The van der Waals surface area contributed by atoms with Gasteiger partial charge in [0.25, 0.3) is 0 Å². The maximum atomic E-state index is 3.54. The molecule has 4 heteroatoms. The number of aryl methyl sites for hydroxylation is 1. The smallest absolute Gasteiger partial charge is 0.0359 e. The van der Waals surface area contributed by atoms with Crippen molar-refractivity contribution in [2.45, 2.75) is 20.0 Å². The largest absolute Gasteiger partial charge is 0.351 e. The van der Waals surface area contributed by atoms with Gasteiger partial charge >= 0.3 is 0 Å². The summed E-state index contributed by atoms with van der Waals surface area (Å²) in [6.45, 7) is 9.05. The summed E-state index contributed by atoms with van der Waals surface area (Å²) in [5, 5.41) is 3.54. The van der Waals surface area contributed by atoms with Crippen LogP contribution in [0.15, 0.2) is 18.3 Å². The first-order chi connectivity index (χ1) is 8.40. The molecule has 1 fully saturated rings. The second-order valence-corrected chi connectivity index (χ2v) is 5.64. The molecule has 17 heavy (non-hydrogen) atoms. The maximum absolute atomic E-state index is 3.54. The summed E-state index contributed by atoms with van der Waals surface area (Å²) in [7, 11) is 0. The highest BCUT2D eigenvalue weighted by Crippen LogP contribution is 2.08. The molecule has 3 nitrogen and oxygen atoms in total. The number of thioether (sulfide) groups is 1. The normalized spacial score (nSPS) is 17.5. The Morgan fingerprint density at radius 3 is 2.94 bits per heavy atom. The zero-order chi connectivity index (χ0) is 11.9. The molecular formula is C13H23N3S. The molecule has 0 amide bonds. The van der Waals surface area contributed by atoms with E-state index in [2.05, 4.69) is 51.8 Å². The lowest BCUT2D eigenvalue weighted by Crippen LogP contribution is -2.37. The van der Waals surface area contributed by atoms with Crippen LogP contribution >= 0.6 is 11.8 Å². The first-order valence-corrected chi connectivity index (χ1v) is 7.70. The van der Waals surface area contributed by atoms with Crippen LogP contribution in [0.5, 0.6) is 0 Å². The zero-order valence-electron chi connectivity index (χ0n) is 10.7. The van der Waals surface area contributed by atoms with E-state index in [9.17, 15) is 0 Å². The molecule has 0 bridgehead atoms. The van der Waals surface area contributed by atoms with E-state index in [4.69, 9.17) is 0 Å². The van der Waals surface area contributed by atoms with Crippen LogP contribution in [0.1, 0.15) is 12.6 Å². The van der Waals surface area contributed by atoms with Crippen molar-refractivity contribution in [1.82, 2.24) is 14.8 Å². The van der Waals surface area contributed by atoms with E-state index in [1.54, 1.807) is 0 Å². The fourth-order valence-electron chi connectivity index (χ4n) is 2.20. The standard InChI is InChI=1S/C13H23N3S/c1-2-16-6-3-4-13(16)12-14-5-7-15-8-10-17-11-9-15/h3-4,6,14H,2,5,7-12H2,1H3. The highest BCUT2D eigenvalue weighted by atomic mass is 32.2. The third kappa shape index (κ3) is 4.05. The van der Waals surface area contributed by atoms with Gasteiger partial charge in [-0.1, -0.05) is 0 Å². The Kier molecular flexibility index (Phi) is 5.42. The van der Waals surface area contributed by atoms with Gasteiger partial charge in [-0.05, 0) is 19.1 Å². The Hall–Kier alpha value is -0.450. The Labute approximate surface area is 109 Å². The van der Waals surface area contributed by atoms with Crippen molar-refractivity contribution in [3.8, 4) is 0 Å². The minimum atomic E-state index is 0.990. The number of hydrogen-bond donors (Lipinski definition) is 1. The van der Waals surface area contributed by atoms with Gasteiger partial charge in [0.2, 0.25) is 0 Å². The van der Waals surface area contributed by atoms with Crippen LogP contribution in [0.3, 0.4) is 0 Å². The summed E-state index contributed by atoms with van der Waals surface area (Å²) in [4.78, 5) is 2.56. The Morgan fingerprint density at radius 1 is 1.35 bits per heavy atom. The summed E-state index contributed by atoms with van der Waals surface area (Å²) < 4.78 is 2.30. The van der Waals surface area contributed by atoms with Gasteiger partial charge in [-0.15, -0.1) is 0 Å². The molecule has 96 valence electrons. The number of aromatic nitrogens is 1. The number of hydrogen-bond acceptors (Lipinski definition) is 3. The van der Waals surface area contributed by atoms with Gasteiger partial charge in [0.05, 0.1) is 0 Å². The van der Waals surface area contributed by atoms with Gasteiger partial charge in [-0.3, -0.25) is 0 Å². The van der Waals surface area contributed by atoms with Crippen molar-refractivity contribution < 1.29 is 0 Å². The molecule has 0 saturated carbocycles. The molecule has 0 spiro atoms. The quantitative estimate of drug-likeness (QED) is 0.779. The molecule has 2 rings (SSSR count). The molecular weight excluding hydrogens is 230 g/mol. The number of nitrogens with one attached hydrogen (secondary N) is 1. The molecule has 1 aliphatic heterocycles. The molecule has 0 unspecified atom stereocenters. The van der Waals surface area contributed by atoms with E-state index < -0.39 is 0 Å². The average molecular weight is 253 g/mol. The predicted molar refractivity (Wildman–Crippen MR) is 75.6 cm³/mol. The Bertz CT molecular complexity index is 318. The van der Waals surface area contributed by atoms with E-state index in [1.165, 1.54) is 36.8 Å². The van der Waals surface area contributed by atoms with Crippen LogP contribution in [0.4, 0.5) is 0 Å². The van der Waals surface area contributed by atoms with Crippen LogP contribution in [-0.2, 0) is 13.1 Å². The second-order valence-electron chi connectivity index (χ2n) is 4.42. The summed E-state index contributed by atoms with van der Waals surface area (Å²) in [5.41, 5.74) is 1.39. The van der Waals surface area contributed by atoms with Crippen LogP contribution < -0.4 is 5.32 Å². The van der Waals surface area contributed by atoms with Crippen molar-refractivity contribution in [3.63, 3.8) is 0 Å². The molecule has 1 aromatic rings. The van der Waals surface area contributed by atoms with Crippen molar-refractivity contribution >= 4 is 11.8 Å². The van der Waals surface area contributed by atoms with Gasteiger partial charge in [-0.25, -0.2) is 0 Å². The molecule has 1 N–H and O–H groups in total. The lowest BCUT2D eigenvalue weighted by Gasteiger charge is -2.26. The second kappa shape index (κ2) is 7.09. The van der Waals surface area contributed by atoms with Crippen LogP contribution in [0, 0.1) is 0 Å². The molecule has 1 saturated heterocycles. The first-order valence-electron chi connectivity index (χ1n) is 6.55. The highest BCUT2D eigenvalue weighted by molar-refractivity contribution is 7.99. The molecule has 0 atom stereocenters. The molecule has 0 aromatic carbocycles. The highest BCUT2D eigenvalue weighted by Gasteiger charge is 2.09. The van der Waals surface area contributed by atoms with Crippen LogP contribution in [-0.4, -0.2) is 47.2 Å². The minimum Gasteiger partial charge on any atom is -0.351 e. The van der Waals surface area contributed by atoms with Gasteiger partial charge < -0.3 is 14.8 Å². The SMILES string of the molecule is CCn1cccc1CNCCN1CCSCC1. The van der Waals surface area contributed by atoms with Crippen LogP contribution in [0.2, 0.25) is 0 Å². The molecule has 0 radical (unpaired) electrons. The van der Waals surface area contributed by atoms with Crippen molar-refractivity contribution in [2.24, 2.45) is 0 Å². The molecule has 1 aromatic heterocycles. The van der Waals surface area contributed by atoms with Gasteiger partial charge in [0, 0.05) is 62.7 Å². The van der Waals surface area contributed by atoms with E-state index in [-0.39, 0.29) is 0 Å². The molecule has 2 heterocycles. The van der Waals surface area contributed by atoms with Crippen molar-refractivity contribution in [1.29, 1.82) is 0 Å². The fourth-order valence-corrected chi connectivity index (χ4v) is 3.18. The third-order valence-electron chi connectivity index (χ3n) is 3.28. The summed E-state index contributed by atoms with van der Waals surface area (Å²) in [6, 6.07) is 4.33. The average Bonchev–Trinajstić information content (AvgIpc) is 2.83. The van der Waals surface area contributed by atoms with Crippen LogP contribution in [0.25, 0.3) is 0 Å². The monoisotopic (exact) mass is 253 g/mol. The lowest BCUT2D eigenvalue weighted by atomic mass is 10.4. The van der Waals surface area contributed by atoms with E-state index in [0.717, 1.165) is 19.6 Å². The number of nitrogens with zero attached hydrogens (tertiary/aromatic N) is 2. The van der Waals surface area contributed by atoms with Crippen molar-refractivity contribution in [2.75, 3.05) is 37.7 Å². The van der Waals surface area contributed by atoms with Gasteiger partial charge in [0.1, 0.15) is 0 Å². The van der Waals surface area contributed by atoms with Crippen molar-refractivity contribution in [3.05, 3.63) is 24.0 Å². The molecule has 1 aliphatic rings. The summed E-state index contributed by atoms with van der Waals surface area (Å²) in [6.07, 6.45) is 2.15. The van der Waals surface area contributed by atoms with E-state index >= 15 is 0 Å². The van der Waals surface area contributed by atoms with Gasteiger partial charge in [0.15, 0.2) is 0 Å². The summed E-state index contributed by atoms with van der Waals surface area (Å²) >= 11 is 2.08. The Morgan fingerprint density at radius 2 is 2.18 bits per heavy atom. The number of rotatable bonds is 6. The van der Waals surface area contributed by atoms with E-state index in [1.807, 2.05) is 0 Å². The minimum absolute atomic E-state index is 0.990. The lowest BCUT2D eigenvalue weighted by molar-refractivity contribution is 0.300. The van der Waals surface area contributed by atoms with Gasteiger partial charge in [-0.2, -0.15) is 11.8 Å².